The van der Waals surface area contributed by atoms with Gasteiger partial charge in [-0.1, -0.05) is 0 Å². The van der Waals surface area contributed by atoms with Gasteiger partial charge in [-0.25, -0.2) is 0 Å². The van der Waals surface area contributed by atoms with Crippen LogP contribution in [0.5, 0.6) is 5.75 Å². The maximum absolute atomic E-state index is 12.0. The molecule has 192 valence electrons. The van der Waals surface area contributed by atoms with E-state index >= 15 is 0 Å². The van der Waals surface area contributed by atoms with Gasteiger partial charge in [0.05, 0.1) is 6.61 Å². The highest BCUT2D eigenvalue weighted by Gasteiger charge is 2.60. The molecule has 12 nitrogen and oxygen atoms in total. The number of carbonyl (C=O) groups is 4. The summed E-state index contributed by atoms with van der Waals surface area (Å²) in [6, 6.07) is 6.06. The molecule has 1 aromatic rings. The van der Waals surface area contributed by atoms with Crippen LogP contribution in [0.15, 0.2) is 24.3 Å². The summed E-state index contributed by atoms with van der Waals surface area (Å²) in [6.07, 6.45) is -5.76. The zero-order chi connectivity index (χ0) is 25.8. The van der Waals surface area contributed by atoms with E-state index in [1.165, 1.54) is 12.1 Å². The van der Waals surface area contributed by atoms with Crippen LogP contribution in [0.1, 0.15) is 33.3 Å². The van der Waals surface area contributed by atoms with Crippen molar-refractivity contribution in [2.75, 3.05) is 19.8 Å². The zero-order valence-corrected chi connectivity index (χ0v) is 19.8. The van der Waals surface area contributed by atoms with Gasteiger partial charge in [0.1, 0.15) is 31.2 Å². The minimum Gasteiger partial charge on any atom is -0.491 e. The number of aliphatic hydroxyl groups is 1. The molecule has 2 fully saturated rings. The normalized spacial score (nSPS) is 29.5. The van der Waals surface area contributed by atoms with E-state index in [1.54, 1.807) is 12.1 Å². The van der Waals surface area contributed by atoms with Crippen molar-refractivity contribution in [1.82, 2.24) is 0 Å². The van der Waals surface area contributed by atoms with Crippen LogP contribution >= 0.6 is 0 Å². The highest BCUT2D eigenvalue weighted by molar-refractivity contribution is 5.69. The predicted octanol–water partition coefficient (Wildman–Crippen LogP) is 0.366. The molecule has 1 unspecified atom stereocenters. The third kappa shape index (κ3) is 6.90. The first-order valence-corrected chi connectivity index (χ1v) is 10.9. The SMILES string of the molecule is CC(=O)OC[C@H]1O[C@](O)(c2ccc(OCC3CO3)cc2)[C@H](OC(C)=O)[C@@H](OC(C)=O)[C@@H]1OC(C)=O. The fourth-order valence-electron chi connectivity index (χ4n) is 3.66. The van der Waals surface area contributed by atoms with Crippen molar-refractivity contribution in [3.63, 3.8) is 0 Å². The second kappa shape index (κ2) is 11.0. The maximum atomic E-state index is 12.0. The highest BCUT2D eigenvalue weighted by Crippen LogP contribution is 2.41. The molecule has 35 heavy (non-hydrogen) atoms. The summed E-state index contributed by atoms with van der Waals surface area (Å²) >= 11 is 0. The van der Waals surface area contributed by atoms with Crippen molar-refractivity contribution in [3.8, 4) is 5.75 Å². The van der Waals surface area contributed by atoms with E-state index in [2.05, 4.69) is 0 Å². The topological polar surface area (TPSA) is 156 Å². The van der Waals surface area contributed by atoms with Crippen molar-refractivity contribution in [1.29, 1.82) is 0 Å². The Balaban J connectivity index is 2.00. The molecule has 2 heterocycles. The Morgan fingerprint density at radius 1 is 0.886 bits per heavy atom. The van der Waals surface area contributed by atoms with Gasteiger partial charge in [-0.05, 0) is 24.3 Å². The highest BCUT2D eigenvalue weighted by atomic mass is 16.7. The fraction of sp³-hybridized carbons (Fsp3) is 0.565. The average molecular weight is 496 g/mol. The van der Waals surface area contributed by atoms with Gasteiger partial charge >= 0.3 is 23.9 Å². The van der Waals surface area contributed by atoms with E-state index in [9.17, 15) is 24.3 Å². The molecule has 0 saturated carbocycles. The molecule has 0 spiro atoms. The smallest absolute Gasteiger partial charge is 0.303 e. The van der Waals surface area contributed by atoms with E-state index in [0.717, 1.165) is 27.7 Å². The molecule has 6 atom stereocenters. The molecule has 1 N–H and O–H groups in total. The van der Waals surface area contributed by atoms with E-state index in [4.69, 9.17) is 33.2 Å². The number of hydrogen-bond acceptors (Lipinski definition) is 12. The molecule has 0 aliphatic carbocycles. The van der Waals surface area contributed by atoms with Crippen LogP contribution < -0.4 is 4.74 Å². The molecule has 0 radical (unpaired) electrons. The Bertz CT molecular complexity index is 940. The lowest BCUT2D eigenvalue weighted by Crippen LogP contribution is -2.66. The molecule has 2 saturated heterocycles. The summed E-state index contributed by atoms with van der Waals surface area (Å²) < 4.78 is 37.6. The van der Waals surface area contributed by atoms with E-state index in [1.807, 2.05) is 0 Å². The van der Waals surface area contributed by atoms with Crippen molar-refractivity contribution in [2.24, 2.45) is 0 Å². The second-order valence-corrected chi connectivity index (χ2v) is 8.12. The van der Waals surface area contributed by atoms with Gasteiger partial charge in [0.2, 0.25) is 11.9 Å². The quantitative estimate of drug-likeness (QED) is 0.285. The van der Waals surface area contributed by atoms with Crippen LogP contribution in [0, 0.1) is 0 Å². The lowest BCUT2D eigenvalue weighted by Gasteiger charge is -2.48. The van der Waals surface area contributed by atoms with Crippen LogP contribution in [0.25, 0.3) is 0 Å². The Kier molecular flexibility index (Phi) is 8.30. The van der Waals surface area contributed by atoms with Crippen LogP contribution in [0.3, 0.4) is 0 Å². The van der Waals surface area contributed by atoms with Gasteiger partial charge in [0, 0.05) is 33.3 Å². The van der Waals surface area contributed by atoms with Crippen molar-refractivity contribution in [3.05, 3.63) is 29.8 Å². The number of epoxide rings is 1. The molecule has 0 aromatic heterocycles. The number of benzene rings is 1. The van der Waals surface area contributed by atoms with Crippen molar-refractivity contribution in [2.45, 2.75) is 64.0 Å². The molecular formula is C23H28O12. The first-order valence-electron chi connectivity index (χ1n) is 10.9. The minimum absolute atomic E-state index is 0.0404. The van der Waals surface area contributed by atoms with E-state index < -0.39 is 60.7 Å². The molecule has 2 aliphatic rings. The molecular weight excluding hydrogens is 468 g/mol. The number of esters is 4. The Morgan fingerprint density at radius 2 is 1.46 bits per heavy atom. The Hall–Kier alpha value is -3.22. The lowest BCUT2D eigenvalue weighted by molar-refractivity contribution is -0.360. The Labute approximate surface area is 201 Å². The summed E-state index contributed by atoms with van der Waals surface area (Å²) in [5.41, 5.74) is 0.116. The van der Waals surface area contributed by atoms with Crippen LogP contribution in [0.2, 0.25) is 0 Å². The number of carbonyl (C=O) groups excluding carboxylic acids is 4. The first-order chi connectivity index (χ1) is 16.5. The predicted molar refractivity (Wildman–Crippen MR) is 114 cm³/mol. The Morgan fingerprint density at radius 3 is 1.97 bits per heavy atom. The fourth-order valence-corrected chi connectivity index (χ4v) is 3.66. The van der Waals surface area contributed by atoms with Crippen molar-refractivity contribution < 1.29 is 57.4 Å². The molecule has 1 aromatic carbocycles. The van der Waals surface area contributed by atoms with Gasteiger partial charge < -0.3 is 38.3 Å². The third-order valence-corrected chi connectivity index (χ3v) is 5.16. The van der Waals surface area contributed by atoms with E-state index in [-0.39, 0.29) is 11.7 Å². The summed E-state index contributed by atoms with van der Waals surface area (Å²) in [6.45, 7) is 4.99. The number of rotatable bonds is 9. The second-order valence-electron chi connectivity index (χ2n) is 8.12. The van der Waals surface area contributed by atoms with Crippen molar-refractivity contribution >= 4 is 23.9 Å². The molecule has 3 rings (SSSR count). The minimum atomic E-state index is -2.38. The van der Waals surface area contributed by atoms with Crippen LogP contribution in [-0.2, 0) is 53.4 Å². The van der Waals surface area contributed by atoms with Gasteiger partial charge in [0.25, 0.3) is 0 Å². The zero-order valence-electron chi connectivity index (χ0n) is 19.8. The summed E-state index contributed by atoms with van der Waals surface area (Å²) in [4.78, 5) is 47.2. The van der Waals surface area contributed by atoms with Crippen LogP contribution in [0.4, 0.5) is 0 Å². The third-order valence-electron chi connectivity index (χ3n) is 5.16. The maximum Gasteiger partial charge on any atom is 0.303 e. The molecule has 0 amide bonds. The summed E-state index contributed by atoms with van der Waals surface area (Å²) in [5.74, 6) is -4.95. The van der Waals surface area contributed by atoms with Gasteiger partial charge in [-0.3, -0.25) is 19.2 Å². The molecule has 0 bridgehead atoms. The van der Waals surface area contributed by atoms with E-state index in [0.29, 0.717) is 19.0 Å². The number of hydrogen-bond donors (Lipinski definition) is 1. The lowest BCUT2D eigenvalue weighted by atomic mass is 9.87. The molecule has 12 heteroatoms. The number of ether oxygens (including phenoxy) is 7. The largest absolute Gasteiger partial charge is 0.491 e. The average Bonchev–Trinajstić information content (AvgIpc) is 3.59. The summed E-state index contributed by atoms with van der Waals surface area (Å²) in [7, 11) is 0. The standard InChI is InChI=1S/C23H28O12/c1-12(24)29-11-19-20(32-13(2)25)21(33-14(3)26)22(34-15(4)27)23(28,35-19)16-5-7-17(8-6-16)30-9-18-10-31-18/h5-8,18-22,28H,9-11H2,1-4H3/t18?,19-,20-,21+,22-,23-/m1/s1. The summed E-state index contributed by atoms with van der Waals surface area (Å²) in [5, 5.41) is 11.7. The first kappa shape index (κ1) is 26.4. The van der Waals surface area contributed by atoms with Gasteiger partial charge in [-0.2, -0.15) is 0 Å². The monoisotopic (exact) mass is 496 g/mol. The van der Waals surface area contributed by atoms with Crippen LogP contribution in [-0.4, -0.2) is 79.3 Å². The molecule has 2 aliphatic heterocycles. The van der Waals surface area contributed by atoms with Gasteiger partial charge in [0.15, 0.2) is 12.2 Å². The van der Waals surface area contributed by atoms with Gasteiger partial charge in [-0.15, -0.1) is 0 Å².